The van der Waals surface area contributed by atoms with Gasteiger partial charge in [0.1, 0.15) is 12.4 Å². The third-order valence-electron chi connectivity index (χ3n) is 3.92. The SMILES string of the molecule is COCC(=O)N1CCN(Cc2nc(-c3ccc(F)cc3)no2)CC1. The molecule has 1 saturated heterocycles. The Kier molecular flexibility index (Phi) is 5.17. The number of benzene rings is 1. The predicted octanol–water partition coefficient (Wildman–Crippen LogP) is 1.17. The Morgan fingerprint density at radius 2 is 1.96 bits per heavy atom. The summed E-state index contributed by atoms with van der Waals surface area (Å²) in [6, 6.07) is 5.96. The van der Waals surface area contributed by atoms with Crippen LogP contribution in [0.4, 0.5) is 4.39 Å². The van der Waals surface area contributed by atoms with Crippen LogP contribution in [0.1, 0.15) is 5.89 Å². The van der Waals surface area contributed by atoms with Gasteiger partial charge in [0.05, 0.1) is 6.54 Å². The molecule has 1 amide bonds. The molecule has 0 aliphatic carbocycles. The Bertz CT molecular complexity index is 681. The van der Waals surface area contributed by atoms with E-state index in [1.165, 1.54) is 19.2 Å². The Morgan fingerprint density at radius 1 is 1.25 bits per heavy atom. The number of aromatic nitrogens is 2. The van der Waals surface area contributed by atoms with Crippen molar-refractivity contribution in [3.8, 4) is 11.4 Å². The van der Waals surface area contributed by atoms with E-state index in [2.05, 4.69) is 15.0 Å². The van der Waals surface area contributed by atoms with Crippen LogP contribution in [-0.2, 0) is 16.1 Å². The number of carbonyl (C=O) groups excluding carboxylic acids is 1. The van der Waals surface area contributed by atoms with Crippen molar-refractivity contribution in [2.24, 2.45) is 0 Å². The van der Waals surface area contributed by atoms with Crippen LogP contribution < -0.4 is 0 Å². The summed E-state index contributed by atoms with van der Waals surface area (Å²) in [5.74, 6) is 0.654. The summed E-state index contributed by atoms with van der Waals surface area (Å²) in [4.78, 5) is 20.0. The zero-order valence-corrected chi connectivity index (χ0v) is 13.4. The number of hydrogen-bond donors (Lipinski definition) is 0. The molecule has 0 bridgehead atoms. The van der Waals surface area contributed by atoms with Gasteiger partial charge in [0.2, 0.25) is 17.6 Å². The number of amides is 1. The van der Waals surface area contributed by atoms with Crippen LogP contribution >= 0.6 is 0 Å². The van der Waals surface area contributed by atoms with Crippen molar-refractivity contribution in [2.75, 3.05) is 39.9 Å². The zero-order valence-electron chi connectivity index (χ0n) is 13.4. The molecule has 3 rings (SSSR count). The minimum atomic E-state index is -0.302. The lowest BCUT2D eigenvalue weighted by atomic mass is 10.2. The molecule has 0 spiro atoms. The minimum absolute atomic E-state index is 0.00790. The summed E-state index contributed by atoms with van der Waals surface area (Å²) in [6.45, 7) is 3.43. The smallest absolute Gasteiger partial charge is 0.248 e. The molecule has 24 heavy (non-hydrogen) atoms. The van der Waals surface area contributed by atoms with Gasteiger partial charge in [0, 0.05) is 38.9 Å². The van der Waals surface area contributed by atoms with Gasteiger partial charge in [-0.15, -0.1) is 0 Å². The lowest BCUT2D eigenvalue weighted by molar-refractivity contribution is -0.137. The molecule has 7 nitrogen and oxygen atoms in total. The second-order valence-electron chi connectivity index (χ2n) is 5.61. The highest BCUT2D eigenvalue weighted by Gasteiger charge is 2.22. The molecule has 128 valence electrons. The van der Waals surface area contributed by atoms with E-state index in [0.717, 1.165) is 13.1 Å². The molecule has 1 aliphatic heterocycles. The average molecular weight is 334 g/mol. The van der Waals surface area contributed by atoms with E-state index in [0.29, 0.717) is 36.9 Å². The first-order chi connectivity index (χ1) is 11.7. The van der Waals surface area contributed by atoms with Crippen LogP contribution in [0.5, 0.6) is 0 Å². The van der Waals surface area contributed by atoms with E-state index in [1.807, 2.05) is 0 Å². The van der Waals surface area contributed by atoms with Gasteiger partial charge in [-0.2, -0.15) is 4.98 Å². The normalized spacial score (nSPS) is 15.7. The predicted molar refractivity (Wildman–Crippen MR) is 83.4 cm³/mol. The van der Waals surface area contributed by atoms with Gasteiger partial charge in [-0.3, -0.25) is 9.69 Å². The first-order valence-corrected chi connectivity index (χ1v) is 7.73. The van der Waals surface area contributed by atoms with Crippen molar-refractivity contribution in [3.63, 3.8) is 0 Å². The number of nitrogens with zero attached hydrogens (tertiary/aromatic N) is 4. The highest BCUT2D eigenvalue weighted by Crippen LogP contribution is 2.17. The lowest BCUT2D eigenvalue weighted by Gasteiger charge is -2.33. The van der Waals surface area contributed by atoms with Gasteiger partial charge in [0.15, 0.2) is 0 Å². The Balaban J connectivity index is 1.54. The molecule has 0 saturated carbocycles. The quantitative estimate of drug-likeness (QED) is 0.817. The standard InChI is InChI=1S/C16H19FN4O3/c1-23-11-15(22)21-8-6-20(7-9-21)10-14-18-16(19-24-14)12-2-4-13(17)5-3-12/h2-5H,6-11H2,1H3. The topological polar surface area (TPSA) is 71.7 Å². The molecule has 0 atom stereocenters. The Morgan fingerprint density at radius 3 is 2.62 bits per heavy atom. The summed E-state index contributed by atoms with van der Waals surface area (Å²) < 4.78 is 23.1. The summed E-state index contributed by atoms with van der Waals surface area (Å²) in [5.41, 5.74) is 0.710. The van der Waals surface area contributed by atoms with Gasteiger partial charge in [0.25, 0.3) is 0 Å². The molecule has 0 unspecified atom stereocenters. The maximum absolute atomic E-state index is 12.9. The van der Waals surface area contributed by atoms with Crippen molar-refractivity contribution in [1.29, 1.82) is 0 Å². The molecule has 1 fully saturated rings. The zero-order chi connectivity index (χ0) is 16.9. The van der Waals surface area contributed by atoms with Crippen LogP contribution in [-0.4, -0.2) is 65.7 Å². The van der Waals surface area contributed by atoms with E-state index in [9.17, 15) is 9.18 Å². The second kappa shape index (κ2) is 7.50. The molecular weight excluding hydrogens is 315 g/mol. The molecule has 0 N–H and O–H groups in total. The van der Waals surface area contributed by atoms with Crippen molar-refractivity contribution in [3.05, 3.63) is 36.0 Å². The van der Waals surface area contributed by atoms with Crippen LogP contribution in [0.2, 0.25) is 0 Å². The summed E-state index contributed by atoms with van der Waals surface area (Å²) in [5, 5.41) is 3.93. The first-order valence-electron chi connectivity index (χ1n) is 7.73. The summed E-state index contributed by atoms with van der Waals surface area (Å²) >= 11 is 0. The second-order valence-corrected chi connectivity index (χ2v) is 5.61. The van der Waals surface area contributed by atoms with Crippen molar-refractivity contribution < 1.29 is 18.4 Å². The Labute approximate surface area is 139 Å². The third-order valence-corrected chi connectivity index (χ3v) is 3.92. The van der Waals surface area contributed by atoms with E-state index in [4.69, 9.17) is 9.26 Å². The van der Waals surface area contributed by atoms with Crippen LogP contribution in [0.25, 0.3) is 11.4 Å². The lowest BCUT2D eigenvalue weighted by Crippen LogP contribution is -2.49. The van der Waals surface area contributed by atoms with E-state index in [-0.39, 0.29) is 18.3 Å². The monoisotopic (exact) mass is 334 g/mol. The number of rotatable bonds is 5. The molecule has 8 heteroatoms. The molecule has 1 aliphatic rings. The fraction of sp³-hybridized carbons (Fsp3) is 0.438. The molecule has 1 aromatic heterocycles. The molecular formula is C16H19FN4O3. The molecule has 0 radical (unpaired) electrons. The fourth-order valence-corrected chi connectivity index (χ4v) is 2.60. The maximum atomic E-state index is 12.9. The minimum Gasteiger partial charge on any atom is -0.375 e. The maximum Gasteiger partial charge on any atom is 0.248 e. The highest BCUT2D eigenvalue weighted by atomic mass is 19.1. The number of ether oxygens (including phenoxy) is 1. The van der Waals surface area contributed by atoms with Gasteiger partial charge >= 0.3 is 0 Å². The van der Waals surface area contributed by atoms with E-state index < -0.39 is 0 Å². The Hall–Kier alpha value is -2.32. The van der Waals surface area contributed by atoms with Gasteiger partial charge in [-0.1, -0.05) is 5.16 Å². The van der Waals surface area contributed by atoms with Crippen LogP contribution in [0.3, 0.4) is 0 Å². The fourth-order valence-electron chi connectivity index (χ4n) is 2.60. The van der Waals surface area contributed by atoms with Gasteiger partial charge in [-0.05, 0) is 24.3 Å². The third kappa shape index (κ3) is 3.95. The highest BCUT2D eigenvalue weighted by molar-refractivity contribution is 5.77. The number of hydrogen-bond acceptors (Lipinski definition) is 6. The first kappa shape index (κ1) is 16.5. The number of carbonyl (C=O) groups is 1. The number of piperazine rings is 1. The average Bonchev–Trinajstić information content (AvgIpc) is 3.05. The van der Waals surface area contributed by atoms with Crippen molar-refractivity contribution in [1.82, 2.24) is 19.9 Å². The van der Waals surface area contributed by atoms with Gasteiger partial charge in [-0.25, -0.2) is 4.39 Å². The molecule has 2 heterocycles. The van der Waals surface area contributed by atoms with Crippen molar-refractivity contribution >= 4 is 5.91 Å². The van der Waals surface area contributed by atoms with Gasteiger partial charge < -0.3 is 14.2 Å². The van der Waals surface area contributed by atoms with Crippen LogP contribution in [0, 0.1) is 5.82 Å². The summed E-state index contributed by atoms with van der Waals surface area (Å²) in [6.07, 6.45) is 0. The van der Waals surface area contributed by atoms with E-state index in [1.54, 1.807) is 17.0 Å². The van der Waals surface area contributed by atoms with Crippen molar-refractivity contribution in [2.45, 2.75) is 6.54 Å². The van der Waals surface area contributed by atoms with Crippen LogP contribution in [0.15, 0.2) is 28.8 Å². The number of halogens is 1. The van der Waals surface area contributed by atoms with E-state index >= 15 is 0 Å². The summed E-state index contributed by atoms with van der Waals surface area (Å²) in [7, 11) is 1.52. The number of methoxy groups -OCH3 is 1. The molecule has 1 aromatic carbocycles. The largest absolute Gasteiger partial charge is 0.375 e. The molecule has 2 aromatic rings.